The topological polar surface area (TPSA) is 107 Å². The fraction of sp³-hybridized carbons (Fsp3) is 0. The highest BCUT2D eigenvalue weighted by Gasteiger charge is 1.97. The number of phenols is 2. The molecule has 82 valence electrons. The zero-order valence-electron chi connectivity index (χ0n) is 7.32. The zero-order chi connectivity index (χ0) is 11.5. The molecule has 15 heavy (non-hydrogen) atoms. The Morgan fingerprint density at radius 2 is 1.93 bits per heavy atom. The summed E-state index contributed by atoms with van der Waals surface area (Å²) < 4.78 is 33.9. The molecule has 0 amide bonds. The lowest BCUT2D eigenvalue weighted by Crippen LogP contribution is -1.97. The Bertz CT molecular complexity index is 476. The highest BCUT2D eigenvalue weighted by atomic mass is 32.3. The minimum atomic E-state index is -4.76. The summed E-state index contributed by atoms with van der Waals surface area (Å²) in [5.41, 5.74) is 0.369. The van der Waals surface area contributed by atoms with Crippen molar-refractivity contribution in [3.63, 3.8) is 0 Å². The van der Waals surface area contributed by atoms with E-state index in [2.05, 4.69) is 4.18 Å². The van der Waals surface area contributed by atoms with E-state index in [0.29, 0.717) is 11.8 Å². The number of rotatable bonds is 3. The van der Waals surface area contributed by atoms with Gasteiger partial charge in [-0.1, -0.05) is 6.07 Å². The van der Waals surface area contributed by atoms with Gasteiger partial charge in [-0.15, -0.1) is 0 Å². The van der Waals surface area contributed by atoms with E-state index in [0.717, 1.165) is 6.08 Å². The standard InChI is InChI=1S/C8H8O6S/c9-7-2-1-6(5-8(7)10)3-4-14-15(11,12)13/h1-5,9-10H,(H,11,12,13)/p-1/b4-3+. The Balaban J connectivity index is 2.78. The molecule has 1 rings (SSSR count). The largest absolute Gasteiger partial charge is 0.716 e. The Hall–Kier alpha value is -1.73. The minimum absolute atomic E-state index is 0.301. The maximum absolute atomic E-state index is 10.0. The number of benzene rings is 1. The zero-order valence-corrected chi connectivity index (χ0v) is 8.14. The Labute approximate surface area is 86.0 Å². The maximum atomic E-state index is 10.0. The van der Waals surface area contributed by atoms with Crippen LogP contribution in [0.4, 0.5) is 0 Å². The van der Waals surface area contributed by atoms with Crippen molar-refractivity contribution in [1.29, 1.82) is 0 Å². The first kappa shape index (κ1) is 11.3. The highest BCUT2D eigenvalue weighted by molar-refractivity contribution is 7.80. The maximum Gasteiger partial charge on any atom is 0.262 e. The van der Waals surface area contributed by atoms with Crippen molar-refractivity contribution >= 4 is 16.5 Å². The summed E-state index contributed by atoms with van der Waals surface area (Å²) in [6, 6.07) is 3.78. The summed E-state index contributed by atoms with van der Waals surface area (Å²) in [5.74, 6) is -0.661. The van der Waals surface area contributed by atoms with Crippen LogP contribution in [0.3, 0.4) is 0 Å². The highest BCUT2D eigenvalue weighted by Crippen LogP contribution is 2.25. The molecule has 2 N–H and O–H groups in total. The van der Waals surface area contributed by atoms with Gasteiger partial charge in [0.2, 0.25) is 0 Å². The molecular formula is C8H7O6S-. The van der Waals surface area contributed by atoms with Gasteiger partial charge in [0.25, 0.3) is 10.4 Å². The normalized spacial score (nSPS) is 11.8. The number of phenolic OH excluding ortho intramolecular Hbond substituents is 2. The quantitative estimate of drug-likeness (QED) is 0.340. The monoisotopic (exact) mass is 231 g/mol. The molecule has 0 aliphatic rings. The van der Waals surface area contributed by atoms with Crippen LogP contribution in [0.5, 0.6) is 11.5 Å². The third-order valence-electron chi connectivity index (χ3n) is 1.43. The first-order valence-corrected chi connectivity index (χ1v) is 5.04. The molecule has 0 heterocycles. The molecule has 6 nitrogen and oxygen atoms in total. The molecule has 1 aromatic carbocycles. The third kappa shape index (κ3) is 3.88. The third-order valence-corrected chi connectivity index (χ3v) is 1.78. The van der Waals surface area contributed by atoms with Gasteiger partial charge in [-0.2, -0.15) is 0 Å². The van der Waals surface area contributed by atoms with Gasteiger partial charge >= 0.3 is 0 Å². The second-order valence-electron chi connectivity index (χ2n) is 2.56. The number of hydrogen-bond donors (Lipinski definition) is 2. The lowest BCUT2D eigenvalue weighted by atomic mass is 10.2. The average Bonchev–Trinajstić information content (AvgIpc) is 2.09. The van der Waals surface area contributed by atoms with Crippen LogP contribution in [-0.4, -0.2) is 23.2 Å². The van der Waals surface area contributed by atoms with Crippen molar-refractivity contribution in [2.45, 2.75) is 0 Å². The minimum Gasteiger partial charge on any atom is -0.716 e. The fourth-order valence-corrected chi connectivity index (χ4v) is 1.01. The molecule has 0 aliphatic carbocycles. The molecule has 0 aliphatic heterocycles. The molecule has 0 aromatic heterocycles. The Morgan fingerprint density at radius 1 is 1.27 bits per heavy atom. The summed E-state index contributed by atoms with van der Waals surface area (Å²) in [5, 5.41) is 18.0. The van der Waals surface area contributed by atoms with E-state index in [-0.39, 0.29) is 11.5 Å². The van der Waals surface area contributed by atoms with Crippen molar-refractivity contribution in [3.05, 3.63) is 30.0 Å². The lowest BCUT2D eigenvalue weighted by molar-refractivity contribution is 0.345. The predicted molar refractivity (Wildman–Crippen MR) is 49.6 cm³/mol. The molecule has 0 unspecified atom stereocenters. The first-order valence-electron chi connectivity index (χ1n) is 3.71. The van der Waals surface area contributed by atoms with Crippen molar-refractivity contribution in [1.82, 2.24) is 0 Å². The molecular weight excluding hydrogens is 224 g/mol. The van der Waals surface area contributed by atoms with Crippen LogP contribution in [-0.2, 0) is 14.6 Å². The first-order chi connectivity index (χ1) is 6.88. The smallest absolute Gasteiger partial charge is 0.262 e. The Morgan fingerprint density at radius 3 is 2.47 bits per heavy atom. The van der Waals surface area contributed by atoms with Crippen LogP contribution < -0.4 is 0 Å². The summed E-state index contributed by atoms with van der Waals surface area (Å²) in [4.78, 5) is 0. The average molecular weight is 231 g/mol. The molecule has 1 aromatic rings. The summed E-state index contributed by atoms with van der Waals surface area (Å²) >= 11 is 0. The van der Waals surface area contributed by atoms with Crippen LogP contribution in [0.1, 0.15) is 5.56 Å². The van der Waals surface area contributed by atoms with Crippen molar-refractivity contribution in [3.8, 4) is 11.5 Å². The number of hydrogen-bond acceptors (Lipinski definition) is 6. The van der Waals surface area contributed by atoms with Gasteiger partial charge in [-0.05, 0) is 23.8 Å². The van der Waals surface area contributed by atoms with Crippen LogP contribution >= 0.6 is 0 Å². The van der Waals surface area contributed by atoms with Gasteiger partial charge in [-0.3, -0.25) is 0 Å². The van der Waals surface area contributed by atoms with Crippen molar-refractivity contribution < 1.29 is 27.4 Å². The predicted octanol–water partition coefficient (Wildman–Crippen LogP) is 0.545. The molecule has 0 radical (unpaired) electrons. The van der Waals surface area contributed by atoms with Crippen molar-refractivity contribution in [2.75, 3.05) is 0 Å². The van der Waals surface area contributed by atoms with E-state index in [1.165, 1.54) is 18.2 Å². The van der Waals surface area contributed by atoms with Gasteiger partial charge in [0, 0.05) is 0 Å². The second-order valence-corrected chi connectivity index (χ2v) is 3.56. The summed E-state index contributed by atoms with van der Waals surface area (Å²) in [6.07, 6.45) is 1.82. The van der Waals surface area contributed by atoms with Crippen molar-refractivity contribution in [2.24, 2.45) is 0 Å². The van der Waals surface area contributed by atoms with Gasteiger partial charge in [0.1, 0.15) is 6.26 Å². The summed E-state index contributed by atoms with van der Waals surface area (Å²) in [6.45, 7) is 0. The van der Waals surface area contributed by atoms with E-state index in [1.54, 1.807) is 0 Å². The molecule has 7 heteroatoms. The van der Waals surface area contributed by atoms with E-state index in [9.17, 15) is 13.0 Å². The van der Waals surface area contributed by atoms with Crippen LogP contribution in [0.2, 0.25) is 0 Å². The number of aromatic hydroxyl groups is 2. The molecule has 0 atom stereocenters. The van der Waals surface area contributed by atoms with Crippen LogP contribution in [0, 0.1) is 0 Å². The van der Waals surface area contributed by atoms with Gasteiger partial charge < -0.3 is 18.9 Å². The van der Waals surface area contributed by atoms with E-state index < -0.39 is 10.4 Å². The second kappa shape index (κ2) is 4.20. The molecule has 0 bridgehead atoms. The molecule has 0 saturated heterocycles. The molecule has 0 spiro atoms. The van der Waals surface area contributed by atoms with E-state index in [1.807, 2.05) is 0 Å². The Kier molecular flexibility index (Phi) is 3.17. The fourth-order valence-electron chi connectivity index (χ4n) is 0.819. The van der Waals surface area contributed by atoms with E-state index >= 15 is 0 Å². The lowest BCUT2D eigenvalue weighted by Gasteiger charge is -2.03. The van der Waals surface area contributed by atoms with Gasteiger partial charge in [0.05, 0.1) is 0 Å². The molecule has 0 saturated carbocycles. The van der Waals surface area contributed by atoms with Crippen LogP contribution in [0.15, 0.2) is 24.5 Å². The summed E-state index contributed by atoms with van der Waals surface area (Å²) in [7, 11) is -4.76. The van der Waals surface area contributed by atoms with E-state index in [4.69, 9.17) is 10.2 Å². The molecule has 0 fully saturated rings. The van der Waals surface area contributed by atoms with Gasteiger partial charge in [0.15, 0.2) is 11.5 Å². The SMILES string of the molecule is O=S(=O)([O-])O/C=C/c1ccc(O)c(O)c1. The van der Waals surface area contributed by atoms with Crippen LogP contribution in [0.25, 0.3) is 6.08 Å². The van der Waals surface area contributed by atoms with Gasteiger partial charge in [-0.25, -0.2) is 8.42 Å².